The number of aliphatic hydroxyl groups is 2. The maximum absolute atomic E-state index is 11.9. The number of aliphatic hydroxyl groups excluding tert-OH is 2. The van der Waals surface area contributed by atoms with Crippen molar-refractivity contribution in [3.8, 4) is 11.1 Å². The number of ketones is 2. The van der Waals surface area contributed by atoms with Crippen LogP contribution in [0.2, 0.25) is 0 Å². The highest BCUT2D eigenvalue weighted by atomic mass is 16.3. The summed E-state index contributed by atoms with van der Waals surface area (Å²) in [4.78, 5) is 23.5. The molecule has 0 spiro atoms. The Balaban J connectivity index is 2.02. The summed E-state index contributed by atoms with van der Waals surface area (Å²) in [5.41, 5.74) is 2.17. The standard InChI is InChI=1S/C18H12O4/c19-14-10-15(20)18(22)16(17(14)21)13-8-6-12(7-9-13)11-4-2-1-3-5-11/h1-10,19,22H. The fourth-order valence-electron chi connectivity index (χ4n) is 2.34. The van der Waals surface area contributed by atoms with E-state index in [2.05, 4.69) is 0 Å². The number of rotatable bonds is 2. The molecule has 1 aliphatic rings. The number of benzene rings is 2. The third kappa shape index (κ3) is 2.31. The van der Waals surface area contributed by atoms with Gasteiger partial charge in [-0.15, -0.1) is 0 Å². The Labute approximate surface area is 126 Å². The second kappa shape index (κ2) is 5.33. The van der Waals surface area contributed by atoms with Crippen LogP contribution in [0.5, 0.6) is 0 Å². The minimum atomic E-state index is -0.778. The van der Waals surface area contributed by atoms with E-state index >= 15 is 0 Å². The Morgan fingerprint density at radius 2 is 1.23 bits per heavy atom. The highest BCUT2D eigenvalue weighted by Gasteiger charge is 2.29. The zero-order chi connectivity index (χ0) is 15.7. The van der Waals surface area contributed by atoms with Gasteiger partial charge >= 0.3 is 0 Å². The molecule has 0 amide bonds. The van der Waals surface area contributed by atoms with Crippen molar-refractivity contribution in [3.05, 3.63) is 77.8 Å². The van der Waals surface area contributed by atoms with Crippen LogP contribution in [-0.2, 0) is 9.59 Å². The lowest BCUT2D eigenvalue weighted by Crippen LogP contribution is -2.18. The molecule has 0 heterocycles. The van der Waals surface area contributed by atoms with Crippen LogP contribution in [0.1, 0.15) is 5.56 Å². The molecule has 0 unspecified atom stereocenters. The molecule has 0 atom stereocenters. The molecule has 4 nitrogen and oxygen atoms in total. The van der Waals surface area contributed by atoms with Crippen molar-refractivity contribution in [2.24, 2.45) is 0 Å². The van der Waals surface area contributed by atoms with E-state index in [1.807, 2.05) is 30.3 Å². The van der Waals surface area contributed by atoms with Gasteiger partial charge in [0.05, 0.1) is 5.57 Å². The summed E-state index contributed by atoms with van der Waals surface area (Å²) in [6.45, 7) is 0. The van der Waals surface area contributed by atoms with Crippen LogP contribution >= 0.6 is 0 Å². The highest BCUT2D eigenvalue weighted by molar-refractivity contribution is 6.36. The number of carbonyl (C=O) groups excluding carboxylic acids is 2. The normalized spacial score (nSPS) is 15.0. The van der Waals surface area contributed by atoms with Crippen molar-refractivity contribution in [1.82, 2.24) is 0 Å². The Kier molecular flexibility index (Phi) is 3.35. The summed E-state index contributed by atoms with van der Waals surface area (Å²) >= 11 is 0. The molecule has 22 heavy (non-hydrogen) atoms. The molecule has 0 saturated heterocycles. The van der Waals surface area contributed by atoms with E-state index in [4.69, 9.17) is 0 Å². The van der Waals surface area contributed by atoms with Gasteiger partial charge in [0.1, 0.15) is 0 Å². The largest absolute Gasteiger partial charge is 0.504 e. The van der Waals surface area contributed by atoms with Crippen LogP contribution < -0.4 is 0 Å². The fourth-order valence-corrected chi connectivity index (χ4v) is 2.34. The minimum Gasteiger partial charge on any atom is -0.504 e. The Bertz CT molecular complexity index is 812. The monoisotopic (exact) mass is 292 g/mol. The van der Waals surface area contributed by atoms with E-state index in [9.17, 15) is 19.8 Å². The average molecular weight is 292 g/mol. The van der Waals surface area contributed by atoms with Gasteiger partial charge in [-0.2, -0.15) is 0 Å². The molecule has 2 N–H and O–H groups in total. The van der Waals surface area contributed by atoms with Crippen LogP contribution in [0.3, 0.4) is 0 Å². The van der Waals surface area contributed by atoms with Gasteiger partial charge in [-0.25, -0.2) is 0 Å². The molecule has 0 radical (unpaired) electrons. The summed E-state index contributed by atoms with van der Waals surface area (Å²) < 4.78 is 0. The number of allylic oxidation sites excluding steroid dienone is 2. The van der Waals surface area contributed by atoms with Gasteiger partial charge in [0.2, 0.25) is 11.6 Å². The van der Waals surface area contributed by atoms with Crippen molar-refractivity contribution in [1.29, 1.82) is 0 Å². The molecular weight excluding hydrogens is 280 g/mol. The molecule has 0 aromatic heterocycles. The van der Waals surface area contributed by atoms with Crippen LogP contribution in [0.15, 0.2) is 72.2 Å². The minimum absolute atomic E-state index is 0.176. The summed E-state index contributed by atoms with van der Waals surface area (Å²) in [7, 11) is 0. The summed E-state index contributed by atoms with van der Waals surface area (Å²) in [5.74, 6) is -2.84. The lowest BCUT2D eigenvalue weighted by atomic mass is 9.92. The highest BCUT2D eigenvalue weighted by Crippen LogP contribution is 2.28. The van der Waals surface area contributed by atoms with E-state index < -0.39 is 23.1 Å². The average Bonchev–Trinajstić information content (AvgIpc) is 2.55. The van der Waals surface area contributed by atoms with Gasteiger partial charge < -0.3 is 10.2 Å². The predicted molar refractivity (Wildman–Crippen MR) is 82.2 cm³/mol. The SMILES string of the molecule is O=C1C=C(O)C(=O)C(c2ccc(-c3ccccc3)cc2)=C1O. The first-order chi connectivity index (χ1) is 10.6. The second-order valence-electron chi connectivity index (χ2n) is 4.89. The number of hydrogen-bond acceptors (Lipinski definition) is 4. The molecule has 2 aromatic carbocycles. The van der Waals surface area contributed by atoms with E-state index in [0.29, 0.717) is 5.56 Å². The first-order valence-corrected chi connectivity index (χ1v) is 6.66. The predicted octanol–water partition coefficient (Wildman–Crippen LogP) is 3.22. The topological polar surface area (TPSA) is 74.6 Å². The molecule has 3 rings (SSSR count). The zero-order valence-corrected chi connectivity index (χ0v) is 11.5. The molecule has 0 aliphatic heterocycles. The maximum atomic E-state index is 11.9. The third-order valence-corrected chi connectivity index (χ3v) is 3.48. The van der Waals surface area contributed by atoms with E-state index in [1.165, 1.54) is 0 Å². The quantitative estimate of drug-likeness (QED) is 0.833. The first kappa shape index (κ1) is 13.8. The van der Waals surface area contributed by atoms with E-state index in [-0.39, 0.29) is 5.57 Å². The Morgan fingerprint density at radius 3 is 1.86 bits per heavy atom. The molecule has 0 fully saturated rings. The summed E-state index contributed by atoms with van der Waals surface area (Å²) in [5, 5.41) is 19.3. The fraction of sp³-hybridized carbons (Fsp3) is 0. The summed E-state index contributed by atoms with van der Waals surface area (Å²) in [6.07, 6.45) is 0.722. The Hall–Kier alpha value is -3.14. The maximum Gasteiger partial charge on any atom is 0.231 e. The Morgan fingerprint density at radius 1 is 0.682 bits per heavy atom. The van der Waals surface area contributed by atoms with Gasteiger partial charge in [0.25, 0.3) is 0 Å². The molecule has 0 bridgehead atoms. The van der Waals surface area contributed by atoms with Gasteiger partial charge in [-0.1, -0.05) is 54.6 Å². The van der Waals surface area contributed by atoms with Gasteiger partial charge in [0, 0.05) is 6.08 Å². The van der Waals surface area contributed by atoms with Crippen molar-refractivity contribution in [3.63, 3.8) is 0 Å². The second-order valence-corrected chi connectivity index (χ2v) is 4.89. The number of carbonyl (C=O) groups is 2. The van der Waals surface area contributed by atoms with Crippen LogP contribution in [-0.4, -0.2) is 21.8 Å². The van der Waals surface area contributed by atoms with Crippen molar-refractivity contribution in [2.75, 3.05) is 0 Å². The van der Waals surface area contributed by atoms with Gasteiger partial charge in [0.15, 0.2) is 11.5 Å². The molecule has 2 aromatic rings. The third-order valence-electron chi connectivity index (χ3n) is 3.48. The molecule has 1 aliphatic carbocycles. The molecule has 0 saturated carbocycles. The number of Topliss-reactive ketones (excluding diaryl/α,β-unsaturated/α-hetero) is 1. The van der Waals surface area contributed by atoms with E-state index in [0.717, 1.165) is 17.2 Å². The first-order valence-electron chi connectivity index (χ1n) is 6.66. The van der Waals surface area contributed by atoms with Crippen LogP contribution in [0, 0.1) is 0 Å². The van der Waals surface area contributed by atoms with Crippen molar-refractivity contribution < 1.29 is 19.8 Å². The zero-order valence-electron chi connectivity index (χ0n) is 11.5. The van der Waals surface area contributed by atoms with Crippen LogP contribution in [0.4, 0.5) is 0 Å². The van der Waals surface area contributed by atoms with Crippen LogP contribution in [0.25, 0.3) is 16.7 Å². The molecule has 4 heteroatoms. The van der Waals surface area contributed by atoms with Gasteiger partial charge in [-0.05, 0) is 16.7 Å². The van der Waals surface area contributed by atoms with Crippen molar-refractivity contribution >= 4 is 17.1 Å². The lowest BCUT2D eigenvalue weighted by Gasteiger charge is -2.13. The number of hydrogen-bond donors (Lipinski definition) is 2. The molecule has 108 valence electrons. The summed E-state index contributed by atoms with van der Waals surface area (Å²) in [6, 6.07) is 16.5. The molecular formula is C18H12O4. The lowest BCUT2D eigenvalue weighted by molar-refractivity contribution is -0.117. The smallest absolute Gasteiger partial charge is 0.231 e. The van der Waals surface area contributed by atoms with Gasteiger partial charge in [-0.3, -0.25) is 9.59 Å². The van der Waals surface area contributed by atoms with E-state index in [1.54, 1.807) is 24.3 Å². The van der Waals surface area contributed by atoms with Crippen molar-refractivity contribution in [2.45, 2.75) is 0 Å².